The Morgan fingerprint density at radius 1 is 1.41 bits per heavy atom. The lowest BCUT2D eigenvalue weighted by atomic mass is 9.98. The van der Waals surface area contributed by atoms with Crippen LogP contribution in [0.2, 0.25) is 0 Å². The molecule has 0 radical (unpaired) electrons. The Hall–Kier alpha value is -1.96. The molecule has 0 amide bonds. The van der Waals surface area contributed by atoms with Crippen molar-refractivity contribution in [2.45, 2.75) is 32.6 Å². The Kier molecular flexibility index (Phi) is 3.86. The highest BCUT2D eigenvalue weighted by Crippen LogP contribution is 2.27. The number of anilines is 1. The monoisotopic (exact) mass is 322 g/mol. The Labute approximate surface area is 131 Å². The van der Waals surface area contributed by atoms with Crippen molar-refractivity contribution in [1.82, 2.24) is 14.6 Å². The molecule has 3 heterocycles. The summed E-state index contributed by atoms with van der Waals surface area (Å²) in [6, 6.07) is 1.53. The molecule has 7 nitrogen and oxygen atoms in total. The zero-order valence-electron chi connectivity index (χ0n) is 12.5. The molecule has 3 rings (SSSR count). The number of carboxylic acids is 1. The standard InChI is InChI=1S/C14H18N4O3S/c1-8(2)10-7-11(19)18-13(15-10)22-14(16-18)17-5-3-9(4-6-17)12(20)21/h7-9H,3-6H2,1-2H3,(H,20,21). The number of carboxylic acid groups (broad SMARTS) is 1. The molecule has 0 aromatic carbocycles. The molecule has 2 aromatic rings. The average molecular weight is 322 g/mol. The van der Waals surface area contributed by atoms with Crippen molar-refractivity contribution in [1.29, 1.82) is 0 Å². The molecule has 22 heavy (non-hydrogen) atoms. The molecule has 118 valence electrons. The lowest BCUT2D eigenvalue weighted by molar-refractivity contribution is -0.142. The van der Waals surface area contributed by atoms with E-state index in [2.05, 4.69) is 10.1 Å². The third-order valence-corrected chi connectivity index (χ3v) is 4.93. The number of piperidine rings is 1. The second-order valence-corrected chi connectivity index (χ2v) is 6.79. The van der Waals surface area contributed by atoms with Gasteiger partial charge in [-0.25, -0.2) is 4.98 Å². The highest BCUT2D eigenvalue weighted by molar-refractivity contribution is 7.20. The van der Waals surface area contributed by atoms with Crippen LogP contribution >= 0.6 is 11.3 Å². The minimum absolute atomic E-state index is 0.170. The van der Waals surface area contributed by atoms with Gasteiger partial charge in [-0.1, -0.05) is 25.2 Å². The van der Waals surface area contributed by atoms with Crippen LogP contribution in [0, 0.1) is 5.92 Å². The molecule has 0 saturated carbocycles. The predicted molar refractivity (Wildman–Crippen MR) is 83.8 cm³/mol. The van der Waals surface area contributed by atoms with Crippen LogP contribution in [-0.2, 0) is 4.79 Å². The molecule has 1 saturated heterocycles. The second-order valence-electron chi connectivity index (χ2n) is 5.85. The smallest absolute Gasteiger partial charge is 0.306 e. The molecular weight excluding hydrogens is 304 g/mol. The molecule has 1 aliphatic rings. The second kappa shape index (κ2) is 5.68. The van der Waals surface area contributed by atoms with Gasteiger partial charge < -0.3 is 10.0 Å². The van der Waals surface area contributed by atoms with E-state index in [0.29, 0.717) is 30.9 Å². The minimum Gasteiger partial charge on any atom is -0.481 e. The molecule has 1 N–H and O–H groups in total. The molecular formula is C14H18N4O3S. The van der Waals surface area contributed by atoms with Gasteiger partial charge in [-0.3, -0.25) is 9.59 Å². The first-order chi connectivity index (χ1) is 10.5. The maximum absolute atomic E-state index is 12.1. The number of hydrogen-bond acceptors (Lipinski definition) is 6. The molecule has 0 atom stereocenters. The van der Waals surface area contributed by atoms with Gasteiger partial charge in [0.25, 0.3) is 5.56 Å². The normalized spacial score (nSPS) is 16.6. The highest BCUT2D eigenvalue weighted by Gasteiger charge is 2.26. The molecule has 1 aliphatic heterocycles. The van der Waals surface area contributed by atoms with E-state index in [9.17, 15) is 9.59 Å². The van der Waals surface area contributed by atoms with Crippen LogP contribution in [0.3, 0.4) is 0 Å². The molecule has 2 aromatic heterocycles. The van der Waals surface area contributed by atoms with Crippen LogP contribution in [0.1, 0.15) is 38.3 Å². The van der Waals surface area contributed by atoms with Gasteiger partial charge in [0.1, 0.15) is 0 Å². The molecule has 0 bridgehead atoms. The van der Waals surface area contributed by atoms with Crippen molar-refractivity contribution in [3.8, 4) is 0 Å². The zero-order chi connectivity index (χ0) is 15.9. The fourth-order valence-corrected chi connectivity index (χ4v) is 3.52. The molecule has 0 spiro atoms. The third-order valence-electron chi connectivity index (χ3n) is 3.96. The van der Waals surface area contributed by atoms with Gasteiger partial charge in [0.2, 0.25) is 10.1 Å². The number of carbonyl (C=O) groups is 1. The van der Waals surface area contributed by atoms with Crippen molar-refractivity contribution in [3.63, 3.8) is 0 Å². The van der Waals surface area contributed by atoms with E-state index in [0.717, 1.165) is 10.8 Å². The number of aliphatic carboxylic acids is 1. The van der Waals surface area contributed by atoms with Crippen LogP contribution in [0.5, 0.6) is 0 Å². The largest absolute Gasteiger partial charge is 0.481 e. The Morgan fingerprint density at radius 2 is 2.09 bits per heavy atom. The van der Waals surface area contributed by atoms with Gasteiger partial charge in [-0.2, -0.15) is 4.52 Å². The summed E-state index contributed by atoms with van der Waals surface area (Å²) in [5, 5.41) is 14.1. The van der Waals surface area contributed by atoms with Crippen molar-refractivity contribution in [2.24, 2.45) is 5.92 Å². The average Bonchev–Trinajstić information content (AvgIpc) is 2.92. The van der Waals surface area contributed by atoms with E-state index in [1.165, 1.54) is 21.9 Å². The van der Waals surface area contributed by atoms with Crippen LogP contribution < -0.4 is 10.5 Å². The van der Waals surface area contributed by atoms with E-state index >= 15 is 0 Å². The SMILES string of the molecule is CC(C)c1cc(=O)n2nc(N3CCC(C(=O)O)CC3)sc2n1. The Bertz CT molecular complexity index is 759. The third kappa shape index (κ3) is 2.70. The number of aromatic nitrogens is 3. The summed E-state index contributed by atoms with van der Waals surface area (Å²) in [5.41, 5.74) is 0.599. The van der Waals surface area contributed by atoms with Crippen LogP contribution in [0.4, 0.5) is 5.13 Å². The molecule has 1 fully saturated rings. The van der Waals surface area contributed by atoms with Crippen molar-refractivity contribution >= 4 is 27.4 Å². The summed E-state index contributed by atoms with van der Waals surface area (Å²) in [6.07, 6.45) is 1.20. The number of fused-ring (bicyclic) bond motifs is 1. The first-order valence-electron chi connectivity index (χ1n) is 7.34. The Morgan fingerprint density at radius 3 is 2.68 bits per heavy atom. The van der Waals surface area contributed by atoms with Crippen LogP contribution in [0.15, 0.2) is 10.9 Å². The summed E-state index contributed by atoms with van der Waals surface area (Å²) in [7, 11) is 0. The minimum atomic E-state index is -0.733. The van der Waals surface area contributed by atoms with E-state index in [4.69, 9.17) is 5.11 Å². The number of rotatable bonds is 3. The van der Waals surface area contributed by atoms with Gasteiger partial charge >= 0.3 is 5.97 Å². The van der Waals surface area contributed by atoms with Gasteiger partial charge in [-0.15, -0.1) is 5.10 Å². The first kappa shape index (κ1) is 15.0. The maximum atomic E-state index is 12.1. The topological polar surface area (TPSA) is 87.8 Å². The highest BCUT2D eigenvalue weighted by atomic mass is 32.1. The molecule has 8 heteroatoms. The Balaban J connectivity index is 1.88. The van der Waals surface area contributed by atoms with Crippen molar-refractivity contribution < 1.29 is 9.90 Å². The fraction of sp³-hybridized carbons (Fsp3) is 0.571. The fourth-order valence-electron chi connectivity index (χ4n) is 2.56. The summed E-state index contributed by atoms with van der Waals surface area (Å²) >= 11 is 1.38. The van der Waals surface area contributed by atoms with Gasteiger partial charge in [-0.05, 0) is 18.8 Å². The zero-order valence-corrected chi connectivity index (χ0v) is 13.3. The van der Waals surface area contributed by atoms with Gasteiger partial charge in [0.05, 0.1) is 11.6 Å². The van der Waals surface area contributed by atoms with Gasteiger partial charge in [0, 0.05) is 19.2 Å². The van der Waals surface area contributed by atoms with E-state index in [1.54, 1.807) is 0 Å². The number of nitrogens with zero attached hydrogens (tertiary/aromatic N) is 4. The van der Waals surface area contributed by atoms with Crippen LogP contribution in [0.25, 0.3) is 4.96 Å². The number of hydrogen-bond donors (Lipinski definition) is 1. The van der Waals surface area contributed by atoms with E-state index in [-0.39, 0.29) is 17.4 Å². The van der Waals surface area contributed by atoms with Gasteiger partial charge in [0.15, 0.2) is 0 Å². The summed E-state index contributed by atoms with van der Waals surface area (Å²) in [6.45, 7) is 5.28. The van der Waals surface area contributed by atoms with E-state index < -0.39 is 5.97 Å². The van der Waals surface area contributed by atoms with E-state index in [1.807, 2.05) is 18.7 Å². The maximum Gasteiger partial charge on any atom is 0.306 e. The lowest BCUT2D eigenvalue weighted by Crippen LogP contribution is -2.36. The van der Waals surface area contributed by atoms with Crippen LogP contribution in [-0.4, -0.2) is 38.8 Å². The summed E-state index contributed by atoms with van der Waals surface area (Å²) in [5.74, 6) is -0.822. The summed E-state index contributed by atoms with van der Waals surface area (Å²) < 4.78 is 1.33. The molecule has 0 aliphatic carbocycles. The first-order valence-corrected chi connectivity index (χ1v) is 8.16. The summed E-state index contributed by atoms with van der Waals surface area (Å²) in [4.78, 5) is 30.2. The van der Waals surface area contributed by atoms with Crippen molar-refractivity contribution in [3.05, 3.63) is 22.1 Å². The predicted octanol–water partition coefficient (Wildman–Crippen LogP) is 1.58. The lowest BCUT2D eigenvalue weighted by Gasteiger charge is -2.29. The molecule has 0 unspecified atom stereocenters. The van der Waals surface area contributed by atoms with Crippen molar-refractivity contribution in [2.75, 3.05) is 18.0 Å². The quantitative estimate of drug-likeness (QED) is 0.923.